The fourth-order valence-corrected chi connectivity index (χ4v) is 5.31. The third kappa shape index (κ3) is 3.80. The molecule has 4 rings (SSSR count). The van der Waals surface area contributed by atoms with Crippen LogP contribution in [-0.4, -0.2) is 52.4 Å². The molecule has 3 heterocycles. The SMILES string of the molecule is CCN(CC)c1ccc(CN2CC[C@H]3[C@@H]2CC(=O)N3Cc2csc(C)n2)cc1. The van der Waals surface area contributed by atoms with Crippen molar-refractivity contribution in [2.45, 2.75) is 58.8 Å². The molecule has 1 aromatic carbocycles. The molecule has 1 aromatic heterocycles. The van der Waals surface area contributed by atoms with Gasteiger partial charge in [0.2, 0.25) is 5.91 Å². The number of rotatable bonds is 7. The predicted molar refractivity (Wildman–Crippen MR) is 115 cm³/mol. The van der Waals surface area contributed by atoms with Gasteiger partial charge in [0.05, 0.1) is 17.2 Å². The van der Waals surface area contributed by atoms with Gasteiger partial charge in [0, 0.05) is 55.8 Å². The maximum absolute atomic E-state index is 12.7. The number of amides is 1. The lowest BCUT2D eigenvalue weighted by Gasteiger charge is -2.25. The molecule has 0 unspecified atom stereocenters. The first-order chi connectivity index (χ1) is 13.6. The normalized spacial score (nSPS) is 22.1. The Bertz CT molecular complexity index is 814. The molecule has 0 N–H and O–H groups in total. The minimum absolute atomic E-state index is 0.280. The van der Waals surface area contributed by atoms with Crippen molar-refractivity contribution in [3.63, 3.8) is 0 Å². The zero-order valence-corrected chi connectivity index (χ0v) is 17.9. The number of carbonyl (C=O) groups is 1. The first-order valence-electron chi connectivity index (χ1n) is 10.4. The Morgan fingerprint density at radius 2 is 1.89 bits per heavy atom. The van der Waals surface area contributed by atoms with Gasteiger partial charge in [0.15, 0.2) is 0 Å². The first-order valence-corrected chi connectivity index (χ1v) is 11.3. The molecule has 1 amide bonds. The van der Waals surface area contributed by atoms with Crippen molar-refractivity contribution in [2.75, 3.05) is 24.5 Å². The van der Waals surface area contributed by atoms with E-state index in [1.54, 1.807) is 11.3 Å². The Labute approximate surface area is 172 Å². The number of hydrogen-bond acceptors (Lipinski definition) is 5. The molecule has 0 aliphatic carbocycles. The van der Waals surface area contributed by atoms with Crippen LogP contribution in [0, 0.1) is 6.92 Å². The average Bonchev–Trinajstić information content (AvgIpc) is 3.36. The number of hydrogen-bond donors (Lipinski definition) is 0. The highest BCUT2D eigenvalue weighted by Crippen LogP contribution is 2.34. The van der Waals surface area contributed by atoms with E-state index in [0.29, 0.717) is 25.0 Å². The highest BCUT2D eigenvalue weighted by molar-refractivity contribution is 7.09. The van der Waals surface area contributed by atoms with Gasteiger partial charge in [-0.2, -0.15) is 0 Å². The second kappa shape index (κ2) is 8.21. The number of aryl methyl sites for hydroxylation is 1. The highest BCUT2D eigenvalue weighted by Gasteiger charge is 2.46. The minimum Gasteiger partial charge on any atom is -0.372 e. The molecular weight excluding hydrogens is 368 g/mol. The van der Waals surface area contributed by atoms with E-state index in [-0.39, 0.29) is 5.91 Å². The molecule has 28 heavy (non-hydrogen) atoms. The van der Waals surface area contributed by atoms with Crippen molar-refractivity contribution >= 4 is 22.9 Å². The summed E-state index contributed by atoms with van der Waals surface area (Å²) in [6.45, 7) is 11.1. The summed E-state index contributed by atoms with van der Waals surface area (Å²) in [5.74, 6) is 0.280. The van der Waals surface area contributed by atoms with Gasteiger partial charge in [0.1, 0.15) is 0 Å². The molecular formula is C22H30N4OS. The number of benzene rings is 1. The maximum Gasteiger partial charge on any atom is 0.224 e. The Morgan fingerprint density at radius 1 is 1.14 bits per heavy atom. The summed E-state index contributed by atoms with van der Waals surface area (Å²) in [5.41, 5.74) is 3.65. The van der Waals surface area contributed by atoms with Crippen molar-refractivity contribution in [3.8, 4) is 0 Å². The van der Waals surface area contributed by atoms with Crippen molar-refractivity contribution in [3.05, 3.63) is 45.9 Å². The lowest BCUT2D eigenvalue weighted by atomic mass is 10.1. The zero-order valence-electron chi connectivity index (χ0n) is 17.1. The lowest BCUT2D eigenvalue weighted by Crippen LogP contribution is -2.36. The van der Waals surface area contributed by atoms with Crippen LogP contribution in [0.5, 0.6) is 0 Å². The zero-order chi connectivity index (χ0) is 19.7. The molecule has 0 spiro atoms. The third-order valence-corrected chi connectivity index (χ3v) is 7.00. The Morgan fingerprint density at radius 3 is 2.54 bits per heavy atom. The van der Waals surface area contributed by atoms with Crippen LogP contribution in [0.2, 0.25) is 0 Å². The fourth-order valence-electron chi connectivity index (χ4n) is 4.70. The van der Waals surface area contributed by atoms with E-state index >= 15 is 0 Å². The predicted octanol–water partition coefficient (Wildman–Crippen LogP) is 3.67. The molecule has 0 saturated carbocycles. The van der Waals surface area contributed by atoms with Gasteiger partial charge < -0.3 is 9.80 Å². The van der Waals surface area contributed by atoms with Crippen molar-refractivity contribution in [1.82, 2.24) is 14.8 Å². The largest absolute Gasteiger partial charge is 0.372 e. The van der Waals surface area contributed by atoms with Gasteiger partial charge in [-0.15, -0.1) is 11.3 Å². The van der Waals surface area contributed by atoms with Gasteiger partial charge in [-0.1, -0.05) is 12.1 Å². The number of likely N-dealkylation sites (tertiary alicyclic amines) is 2. The molecule has 2 aliphatic rings. The smallest absolute Gasteiger partial charge is 0.224 e. The second-order valence-electron chi connectivity index (χ2n) is 7.82. The Balaban J connectivity index is 1.40. The van der Waals surface area contributed by atoms with Crippen LogP contribution in [0.25, 0.3) is 0 Å². The summed E-state index contributed by atoms with van der Waals surface area (Å²) in [5, 5.41) is 3.15. The number of anilines is 1. The van der Waals surface area contributed by atoms with E-state index in [2.05, 4.69) is 63.2 Å². The van der Waals surface area contributed by atoms with E-state index in [0.717, 1.165) is 43.3 Å². The van der Waals surface area contributed by atoms with Gasteiger partial charge in [-0.3, -0.25) is 9.69 Å². The molecule has 0 bridgehead atoms. The first kappa shape index (κ1) is 19.4. The summed E-state index contributed by atoms with van der Waals surface area (Å²) >= 11 is 1.66. The van der Waals surface area contributed by atoms with Gasteiger partial charge in [-0.05, 0) is 44.9 Å². The van der Waals surface area contributed by atoms with Crippen LogP contribution >= 0.6 is 11.3 Å². The Hall–Kier alpha value is -1.92. The standard InChI is InChI=1S/C22H30N4OS/c1-4-24(5-2)19-8-6-17(7-9-19)13-25-11-10-20-21(25)12-22(27)26(20)14-18-15-28-16(3)23-18/h6-9,15,20-21H,4-5,10-14H2,1-3H3/t20-,21-/m0/s1. The number of fused-ring (bicyclic) bond motifs is 1. The molecule has 2 atom stereocenters. The van der Waals surface area contributed by atoms with Gasteiger partial charge in [0.25, 0.3) is 0 Å². The van der Waals surface area contributed by atoms with Crippen LogP contribution in [0.1, 0.15) is 43.0 Å². The van der Waals surface area contributed by atoms with E-state index in [4.69, 9.17) is 0 Å². The van der Waals surface area contributed by atoms with E-state index in [1.807, 2.05) is 6.92 Å². The van der Waals surface area contributed by atoms with Crippen molar-refractivity contribution < 1.29 is 4.79 Å². The summed E-state index contributed by atoms with van der Waals surface area (Å²) in [6, 6.07) is 9.62. The van der Waals surface area contributed by atoms with Crippen LogP contribution in [-0.2, 0) is 17.9 Å². The summed E-state index contributed by atoms with van der Waals surface area (Å²) in [6.07, 6.45) is 1.71. The lowest BCUT2D eigenvalue weighted by molar-refractivity contribution is -0.129. The molecule has 6 heteroatoms. The minimum atomic E-state index is 0.280. The summed E-state index contributed by atoms with van der Waals surface area (Å²) < 4.78 is 0. The third-order valence-electron chi connectivity index (χ3n) is 6.18. The number of thiazole rings is 1. The molecule has 2 aliphatic heterocycles. The quantitative estimate of drug-likeness (QED) is 0.713. The highest BCUT2D eigenvalue weighted by atomic mass is 32.1. The van der Waals surface area contributed by atoms with Crippen molar-refractivity contribution in [2.24, 2.45) is 0 Å². The number of nitrogens with zero attached hydrogens (tertiary/aromatic N) is 4. The van der Waals surface area contributed by atoms with Gasteiger partial charge in [-0.25, -0.2) is 4.98 Å². The van der Waals surface area contributed by atoms with E-state index < -0.39 is 0 Å². The maximum atomic E-state index is 12.7. The molecule has 0 radical (unpaired) electrons. The van der Waals surface area contributed by atoms with Gasteiger partial charge >= 0.3 is 0 Å². The molecule has 2 aromatic rings. The molecule has 150 valence electrons. The monoisotopic (exact) mass is 398 g/mol. The number of carbonyl (C=O) groups excluding carboxylic acids is 1. The van der Waals surface area contributed by atoms with Crippen molar-refractivity contribution in [1.29, 1.82) is 0 Å². The fraction of sp³-hybridized carbons (Fsp3) is 0.545. The number of aromatic nitrogens is 1. The summed E-state index contributed by atoms with van der Waals surface area (Å²) in [7, 11) is 0. The van der Waals surface area contributed by atoms with E-state index in [9.17, 15) is 4.79 Å². The van der Waals surface area contributed by atoms with Crippen LogP contribution in [0.3, 0.4) is 0 Å². The molecule has 2 fully saturated rings. The summed E-state index contributed by atoms with van der Waals surface area (Å²) in [4.78, 5) is 24.1. The molecule has 5 nitrogen and oxygen atoms in total. The second-order valence-corrected chi connectivity index (χ2v) is 8.88. The van der Waals surface area contributed by atoms with Crippen LogP contribution in [0.4, 0.5) is 5.69 Å². The topological polar surface area (TPSA) is 39.7 Å². The van der Waals surface area contributed by atoms with Crippen LogP contribution in [0.15, 0.2) is 29.6 Å². The van der Waals surface area contributed by atoms with Crippen LogP contribution < -0.4 is 4.90 Å². The molecule has 2 saturated heterocycles. The average molecular weight is 399 g/mol. The Kier molecular flexibility index (Phi) is 5.69. The van der Waals surface area contributed by atoms with E-state index in [1.165, 1.54) is 11.3 Å².